The molecule has 1 aliphatic rings. The molecule has 0 aliphatic carbocycles. The van der Waals surface area contributed by atoms with Crippen molar-refractivity contribution in [3.05, 3.63) is 36.4 Å². The first-order chi connectivity index (χ1) is 9.40. The van der Waals surface area contributed by atoms with E-state index in [4.69, 9.17) is 9.47 Å². The second-order valence-electron chi connectivity index (χ2n) is 4.67. The van der Waals surface area contributed by atoms with E-state index in [2.05, 4.69) is 17.1 Å². The van der Waals surface area contributed by atoms with Gasteiger partial charge in [-0.3, -0.25) is 4.90 Å². The van der Waals surface area contributed by atoms with Crippen molar-refractivity contribution < 1.29 is 9.47 Å². The summed E-state index contributed by atoms with van der Waals surface area (Å²) in [4.78, 5) is 2.46. The lowest BCUT2D eigenvalue weighted by Gasteiger charge is -2.11. The van der Waals surface area contributed by atoms with E-state index in [1.54, 1.807) is 0 Å². The number of nitrogens with zero attached hydrogens (tertiary/aromatic N) is 1. The maximum Gasteiger partial charge on any atom is 0.161 e. The van der Waals surface area contributed by atoms with Crippen LogP contribution in [0, 0.1) is 0 Å². The molecule has 0 aromatic heterocycles. The van der Waals surface area contributed by atoms with Crippen molar-refractivity contribution in [1.29, 1.82) is 0 Å². The minimum absolute atomic E-state index is 0.595. The van der Waals surface area contributed by atoms with Gasteiger partial charge in [0.2, 0.25) is 0 Å². The van der Waals surface area contributed by atoms with Crippen LogP contribution < -0.4 is 9.47 Å². The molecule has 0 N–H and O–H groups in total. The van der Waals surface area contributed by atoms with Crippen molar-refractivity contribution in [3.8, 4) is 11.5 Å². The van der Waals surface area contributed by atoms with Crippen LogP contribution in [-0.4, -0.2) is 37.7 Å². The summed E-state index contributed by atoms with van der Waals surface area (Å²) < 4.78 is 11.2. The van der Waals surface area contributed by atoms with Gasteiger partial charge in [-0.05, 0) is 45.0 Å². The molecule has 1 aliphatic heterocycles. The summed E-state index contributed by atoms with van der Waals surface area (Å²) in [6, 6.07) is 7.80. The molecule has 3 nitrogen and oxygen atoms in total. The fourth-order valence-corrected chi connectivity index (χ4v) is 2.24. The Kier molecular flexibility index (Phi) is 5.76. The van der Waals surface area contributed by atoms with Crippen LogP contribution >= 0.6 is 0 Å². The predicted molar refractivity (Wildman–Crippen MR) is 77.9 cm³/mol. The molecule has 2 rings (SSSR count). The lowest BCUT2D eigenvalue weighted by molar-refractivity contribution is 0.296. The van der Waals surface area contributed by atoms with Gasteiger partial charge in [-0.15, -0.1) is 0 Å². The van der Waals surface area contributed by atoms with Crippen molar-refractivity contribution >= 4 is 0 Å². The van der Waals surface area contributed by atoms with Gasteiger partial charge in [0.25, 0.3) is 0 Å². The second-order valence-corrected chi connectivity index (χ2v) is 4.67. The summed E-state index contributed by atoms with van der Waals surface area (Å²) in [5.41, 5.74) is 0. The smallest absolute Gasteiger partial charge is 0.161 e. The van der Waals surface area contributed by atoms with Gasteiger partial charge in [-0.1, -0.05) is 24.3 Å². The standard InChI is InChI=1S/C16H23NO2/c1-2-18-15-9-3-4-10-16(15)19-14-8-7-13-17-11-5-6-12-17/h3-4,7-10H,2,5-6,11-14H2,1H3/b8-7+. The zero-order chi connectivity index (χ0) is 13.3. The van der Waals surface area contributed by atoms with Gasteiger partial charge in [0.15, 0.2) is 11.5 Å². The largest absolute Gasteiger partial charge is 0.490 e. The van der Waals surface area contributed by atoms with Crippen LogP contribution in [0.1, 0.15) is 19.8 Å². The molecular weight excluding hydrogens is 238 g/mol. The molecular formula is C16H23NO2. The van der Waals surface area contributed by atoms with Gasteiger partial charge in [-0.2, -0.15) is 0 Å². The zero-order valence-electron chi connectivity index (χ0n) is 11.7. The number of para-hydroxylation sites is 2. The van der Waals surface area contributed by atoms with Gasteiger partial charge in [-0.25, -0.2) is 0 Å². The number of likely N-dealkylation sites (tertiary alicyclic amines) is 1. The van der Waals surface area contributed by atoms with Crippen LogP contribution in [0.25, 0.3) is 0 Å². The van der Waals surface area contributed by atoms with E-state index in [1.165, 1.54) is 25.9 Å². The summed E-state index contributed by atoms with van der Waals surface area (Å²) in [6.45, 7) is 6.74. The number of hydrogen-bond acceptors (Lipinski definition) is 3. The first-order valence-corrected chi connectivity index (χ1v) is 7.12. The van der Waals surface area contributed by atoms with Gasteiger partial charge >= 0.3 is 0 Å². The summed E-state index contributed by atoms with van der Waals surface area (Å²) in [7, 11) is 0. The van der Waals surface area contributed by atoms with Gasteiger partial charge in [0.05, 0.1) is 6.61 Å². The number of benzene rings is 1. The van der Waals surface area contributed by atoms with E-state index in [1.807, 2.05) is 31.2 Å². The first kappa shape index (κ1) is 13.9. The Balaban J connectivity index is 1.73. The maximum absolute atomic E-state index is 5.72. The Bertz CT molecular complexity index is 397. The van der Waals surface area contributed by atoms with E-state index in [0.29, 0.717) is 13.2 Å². The highest BCUT2D eigenvalue weighted by atomic mass is 16.5. The molecule has 1 saturated heterocycles. The highest BCUT2D eigenvalue weighted by Gasteiger charge is 2.08. The van der Waals surface area contributed by atoms with Crippen molar-refractivity contribution in [1.82, 2.24) is 4.90 Å². The van der Waals surface area contributed by atoms with E-state index < -0.39 is 0 Å². The Hall–Kier alpha value is -1.48. The predicted octanol–water partition coefficient (Wildman–Crippen LogP) is 3.12. The lowest BCUT2D eigenvalue weighted by atomic mass is 10.3. The molecule has 0 spiro atoms. The monoisotopic (exact) mass is 261 g/mol. The van der Waals surface area contributed by atoms with Crippen molar-refractivity contribution in [2.45, 2.75) is 19.8 Å². The summed E-state index contributed by atoms with van der Waals surface area (Å²) in [6.07, 6.45) is 6.95. The minimum Gasteiger partial charge on any atom is -0.490 e. The summed E-state index contributed by atoms with van der Waals surface area (Å²) in [5.74, 6) is 1.63. The molecule has 0 atom stereocenters. The topological polar surface area (TPSA) is 21.7 Å². The Labute approximate surface area is 115 Å². The first-order valence-electron chi connectivity index (χ1n) is 7.12. The van der Waals surface area contributed by atoms with Crippen LogP contribution in [0.5, 0.6) is 11.5 Å². The molecule has 1 aromatic carbocycles. The zero-order valence-corrected chi connectivity index (χ0v) is 11.7. The fourth-order valence-electron chi connectivity index (χ4n) is 2.24. The summed E-state index contributed by atoms with van der Waals surface area (Å²) >= 11 is 0. The molecule has 19 heavy (non-hydrogen) atoms. The van der Waals surface area contributed by atoms with Crippen LogP contribution in [0.4, 0.5) is 0 Å². The van der Waals surface area contributed by atoms with E-state index >= 15 is 0 Å². The molecule has 1 fully saturated rings. The van der Waals surface area contributed by atoms with E-state index in [-0.39, 0.29) is 0 Å². The molecule has 1 aromatic rings. The number of rotatable bonds is 7. The average Bonchev–Trinajstić information content (AvgIpc) is 2.94. The third kappa shape index (κ3) is 4.60. The van der Waals surface area contributed by atoms with Crippen LogP contribution in [0.2, 0.25) is 0 Å². The molecule has 0 amide bonds. The molecule has 0 radical (unpaired) electrons. The van der Waals surface area contributed by atoms with Crippen LogP contribution in [0.3, 0.4) is 0 Å². The van der Waals surface area contributed by atoms with Crippen LogP contribution in [0.15, 0.2) is 36.4 Å². The Morgan fingerprint density at radius 3 is 2.42 bits per heavy atom. The maximum atomic E-state index is 5.72. The quantitative estimate of drug-likeness (QED) is 0.704. The van der Waals surface area contributed by atoms with Gasteiger partial charge in [0, 0.05) is 6.54 Å². The van der Waals surface area contributed by atoms with Crippen LogP contribution in [-0.2, 0) is 0 Å². The van der Waals surface area contributed by atoms with Gasteiger partial charge < -0.3 is 9.47 Å². The van der Waals surface area contributed by atoms with Gasteiger partial charge in [0.1, 0.15) is 6.61 Å². The third-order valence-electron chi connectivity index (χ3n) is 3.21. The average molecular weight is 261 g/mol. The van der Waals surface area contributed by atoms with E-state index in [0.717, 1.165) is 18.0 Å². The van der Waals surface area contributed by atoms with Crippen molar-refractivity contribution in [2.75, 3.05) is 32.8 Å². The second kappa shape index (κ2) is 7.85. The highest BCUT2D eigenvalue weighted by Crippen LogP contribution is 2.26. The van der Waals surface area contributed by atoms with E-state index in [9.17, 15) is 0 Å². The molecule has 0 bridgehead atoms. The summed E-state index contributed by atoms with van der Waals surface area (Å²) in [5, 5.41) is 0. The minimum atomic E-state index is 0.595. The fraction of sp³-hybridized carbons (Fsp3) is 0.500. The SMILES string of the molecule is CCOc1ccccc1OC/C=C/CN1CCCC1. The molecule has 104 valence electrons. The highest BCUT2D eigenvalue weighted by molar-refractivity contribution is 5.39. The molecule has 3 heteroatoms. The number of ether oxygens (including phenoxy) is 2. The number of hydrogen-bond donors (Lipinski definition) is 0. The Morgan fingerprint density at radius 2 is 1.74 bits per heavy atom. The molecule has 0 saturated carbocycles. The normalized spacial score (nSPS) is 16.1. The Morgan fingerprint density at radius 1 is 1.05 bits per heavy atom. The lowest BCUT2D eigenvalue weighted by Crippen LogP contribution is -2.18. The third-order valence-corrected chi connectivity index (χ3v) is 3.21. The molecule has 1 heterocycles. The van der Waals surface area contributed by atoms with Crippen molar-refractivity contribution in [3.63, 3.8) is 0 Å². The van der Waals surface area contributed by atoms with Crippen molar-refractivity contribution in [2.24, 2.45) is 0 Å². The molecule has 0 unspecified atom stereocenters.